The molecule has 0 aromatic heterocycles. The molecule has 0 aromatic rings. The third kappa shape index (κ3) is 2.61. The average molecular weight is 170 g/mol. The molecule has 12 heavy (non-hydrogen) atoms. The van der Waals surface area contributed by atoms with E-state index < -0.39 is 6.10 Å². The smallest absolute Gasteiger partial charge is 0.114 e. The van der Waals surface area contributed by atoms with Gasteiger partial charge in [0.15, 0.2) is 0 Å². The summed E-state index contributed by atoms with van der Waals surface area (Å²) in [7, 11) is 0. The van der Waals surface area contributed by atoms with Crippen molar-refractivity contribution in [3.8, 4) is 0 Å². The van der Waals surface area contributed by atoms with Crippen LogP contribution in [0.1, 0.15) is 33.1 Å². The summed E-state index contributed by atoms with van der Waals surface area (Å²) < 4.78 is 5.33. The zero-order chi connectivity index (χ0) is 8.97. The average Bonchev–Trinajstić information content (AvgIpc) is 2.80. The van der Waals surface area contributed by atoms with Crippen LogP contribution in [0.4, 0.5) is 0 Å². The highest BCUT2D eigenvalue weighted by Crippen LogP contribution is 2.30. The second-order valence-electron chi connectivity index (χ2n) is 3.30. The van der Waals surface area contributed by atoms with E-state index >= 15 is 0 Å². The van der Waals surface area contributed by atoms with E-state index in [1.165, 1.54) is 12.8 Å². The quantitative estimate of drug-likeness (QED) is 0.505. The number of aliphatic hydroxyl groups excluding tert-OH is 1. The lowest BCUT2D eigenvalue weighted by molar-refractivity contribution is 0.177. The van der Waals surface area contributed by atoms with Crippen LogP contribution in [0.5, 0.6) is 0 Å². The molecule has 1 fully saturated rings. The molecule has 1 N–H and O–H groups in total. The van der Waals surface area contributed by atoms with E-state index in [0.717, 1.165) is 6.42 Å². The van der Waals surface area contributed by atoms with E-state index in [-0.39, 0.29) is 6.10 Å². The van der Waals surface area contributed by atoms with Gasteiger partial charge in [-0.2, -0.15) is 0 Å². The number of ether oxygens (including phenoxy) is 1. The van der Waals surface area contributed by atoms with Crippen molar-refractivity contribution in [3.63, 3.8) is 0 Å². The molecular weight excluding hydrogens is 152 g/mol. The molecule has 0 amide bonds. The van der Waals surface area contributed by atoms with Crippen molar-refractivity contribution < 1.29 is 9.84 Å². The molecule has 0 radical (unpaired) electrons. The Bertz CT molecular complexity index is 154. The maximum Gasteiger partial charge on any atom is 0.114 e. The Labute approximate surface area is 74.2 Å². The van der Waals surface area contributed by atoms with Gasteiger partial charge >= 0.3 is 0 Å². The van der Waals surface area contributed by atoms with E-state index in [9.17, 15) is 5.11 Å². The number of hydrogen-bond donors (Lipinski definition) is 1. The molecule has 0 aromatic carbocycles. The minimum Gasteiger partial charge on any atom is -0.386 e. The van der Waals surface area contributed by atoms with Crippen LogP contribution in [-0.4, -0.2) is 23.4 Å². The Morgan fingerprint density at radius 3 is 2.92 bits per heavy atom. The molecule has 0 bridgehead atoms. The van der Waals surface area contributed by atoms with Gasteiger partial charge in [0.25, 0.3) is 0 Å². The number of rotatable bonds is 5. The van der Waals surface area contributed by atoms with E-state index in [1.54, 1.807) is 6.08 Å². The van der Waals surface area contributed by atoms with Gasteiger partial charge in [-0.05, 0) is 13.3 Å². The van der Waals surface area contributed by atoms with Crippen molar-refractivity contribution in [1.29, 1.82) is 0 Å². The van der Waals surface area contributed by atoms with Crippen LogP contribution in [0.15, 0.2) is 12.2 Å². The summed E-state index contributed by atoms with van der Waals surface area (Å²) in [4.78, 5) is 0. The molecule has 2 nitrogen and oxygen atoms in total. The number of allylic oxidation sites excluding steroid dienone is 1. The number of epoxide rings is 1. The molecule has 1 heterocycles. The topological polar surface area (TPSA) is 32.8 Å². The third-order valence-electron chi connectivity index (χ3n) is 2.19. The fraction of sp³-hybridized carbons (Fsp3) is 0.800. The predicted octanol–water partition coefficient (Wildman–Crippen LogP) is 1.88. The van der Waals surface area contributed by atoms with Gasteiger partial charge < -0.3 is 9.84 Å². The van der Waals surface area contributed by atoms with Crippen molar-refractivity contribution in [3.05, 3.63) is 12.2 Å². The fourth-order valence-corrected chi connectivity index (χ4v) is 1.40. The maximum absolute atomic E-state index is 9.45. The van der Waals surface area contributed by atoms with E-state index in [2.05, 4.69) is 6.92 Å². The van der Waals surface area contributed by atoms with Gasteiger partial charge in [-0.1, -0.05) is 31.9 Å². The Balaban J connectivity index is 2.14. The summed E-state index contributed by atoms with van der Waals surface area (Å²) in [5, 5.41) is 9.45. The third-order valence-corrected chi connectivity index (χ3v) is 2.19. The fourth-order valence-electron chi connectivity index (χ4n) is 1.40. The molecule has 1 saturated heterocycles. The Morgan fingerprint density at radius 1 is 1.58 bits per heavy atom. The van der Waals surface area contributed by atoms with Gasteiger partial charge in [0.1, 0.15) is 12.2 Å². The zero-order valence-electron chi connectivity index (χ0n) is 7.86. The van der Waals surface area contributed by atoms with E-state index in [0.29, 0.717) is 6.10 Å². The molecule has 1 rings (SSSR count). The lowest BCUT2D eigenvalue weighted by atomic mass is 10.1. The highest BCUT2D eigenvalue weighted by atomic mass is 16.6. The number of hydrogen-bond acceptors (Lipinski definition) is 2. The molecule has 1 aliphatic heterocycles. The number of unbranched alkanes of at least 4 members (excludes halogenated alkanes) is 1. The SMILES string of the molecule is C/C=C/[C@H](O)[C@@H]1O[C@H]1CCCC. The van der Waals surface area contributed by atoms with Crippen LogP contribution in [0.25, 0.3) is 0 Å². The predicted molar refractivity (Wildman–Crippen MR) is 49.0 cm³/mol. The first-order chi connectivity index (χ1) is 5.79. The van der Waals surface area contributed by atoms with Crippen molar-refractivity contribution in [2.45, 2.75) is 51.4 Å². The van der Waals surface area contributed by atoms with Gasteiger partial charge in [-0.25, -0.2) is 0 Å². The van der Waals surface area contributed by atoms with Crippen molar-refractivity contribution >= 4 is 0 Å². The normalized spacial score (nSPS) is 30.9. The molecule has 0 unspecified atom stereocenters. The van der Waals surface area contributed by atoms with Crippen LogP contribution in [-0.2, 0) is 4.74 Å². The molecule has 1 aliphatic rings. The molecule has 0 spiro atoms. The summed E-state index contributed by atoms with van der Waals surface area (Å²) in [6.45, 7) is 4.08. The van der Waals surface area contributed by atoms with Crippen LogP contribution in [0.3, 0.4) is 0 Å². The minimum atomic E-state index is -0.392. The Kier molecular flexibility index (Phi) is 3.76. The molecular formula is C10H18O2. The highest BCUT2D eigenvalue weighted by molar-refractivity contribution is 5.00. The summed E-state index contributed by atoms with van der Waals surface area (Å²) in [5.74, 6) is 0. The molecule has 2 heteroatoms. The Morgan fingerprint density at radius 2 is 2.33 bits per heavy atom. The van der Waals surface area contributed by atoms with Crippen molar-refractivity contribution in [1.82, 2.24) is 0 Å². The largest absolute Gasteiger partial charge is 0.386 e. The summed E-state index contributed by atoms with van der Waals surface area (Å²) in [6.07, 6.45) is 7.15. The number of aliphatic hydroxyl groups is 1. The standard InChI is InChI=1S/C10H18O2/c1-3-5-7-9-10(12-9)8(11)6-4-2/h4,6,8-11H,3,5,7H2,1-2H3/b6-4+/t8-,9-,10-/m0/s1. The lowest BCUT2D eigenvalue weighted by Gasteiger charge is -1.98. The van der Waals surface area contributed by atoms with Gasteiger partial charge in [-0.3, -0.25) is 0 Å². The zero-order valence-corrected chi connectivity index (χ0v) is 7.86. The van der Waals surface area contributed by atoms with Crippen LogP contribution in [0, 0.1) is 0 Å². The van der Waals surface area contributed by atoms with Gasteiger partial charge in [0, 0.05) is 0 Å². The van der Waals surface area contributed by atoms with Crippen molar-refractivity contribution in [2.24, 2.45) is 0 Å². The first-order valence-corrected chi connectivity index (χ1v) is 4.76. The first-order valence-electron chi connectivity index (χ1n) is 4.76. The Hall–Kier alpha value is -0.340. The maximum atomic E-state index is 9.45. The van der Waals surface area contributed by atoms with E-state index in [4.69, 9.17) is 4.74 Å². The molecule has 70 valence electrons. The monoisotopic (exact) mass is 170 g/mol. The summed E-state index contributed by atoms with van der Waals surface area (Å²) in [6, 6.07) is 0. The molecule has 0 aliphatic carbocycles. The van der Waals surface area contributed by atoms with Crippen LogP contribution < -0.4 is 0 Å². The summed E-state index contributed by atoms with van der Waals surface area (Å²) in [5.41, 5.74) is 0. The van der Waals surface area contributed by atoms with Crippen LogP contribution >= 0.6 is 0 Å². The van der Waals surface area contributed by atoms with Gasteiger partial charge in [0.2, 0.25) is 0 Å². The second kappa shape index (κ2) is 4.63. The first kappa shape index (κ1) is 9.75. The van der Waals surface area contributed by atoms with Crippen LogP contribution in [0.2, 0.25) is 0 Å². The van der Waals surface area contributed by atoms with Gasteiger partial charge in [0.05, 0.1) is 6.10 Å². The summed E-state index contributed by atoms with van der Waals surface area (Å²) >= 11 is 0. The van der Waals surface area contributed by atoms with E-state index in [1.807, 2.05) is 13.0 Å². The molecule has 3 atom stereocenters. The lowest BCUT2D eigenvalue weighted by Crippen LogP contribution is -2.13. The van der Waals surface area contributed by atoms with Gasteiger partial charge in [-0.15, -0.1) is 0 Å². The second-order valence-corrected chi connectivity index (χ2v) is 3.30. The van der Waals surface area contributed by atoms with Crippen molar-refractivity contribution in [2.75, 3.05) is 0 Å². The molecule has 0 saturated carbocycles. The minimum absolute atomic E-state index is 0.0766. The highest BCUT2D eigenvalue weighted by Gasteiger charge is 2.42.